The summed E-state index contributed by atoms with van der Waals surface area (Å²) in [5, 5.41) is 5.66. The van der Waals surface area contributed by atoms with E-state index in [1.54, 1.807) is 0 Å². The van der Waals surface area contributed by atoms with Gasteiger partial charge in [0.05, 0.1) is 6.04 Å². The Bertz CT molecular complexity index is 887. The summed E-state index contributed by atoms with van der Waals surface area (Å²) in [6, 6.07) is 20.3. The van der Waals surface area contributed by atoms with Crippen LogP contribution in [0.2, 0.25) is 0 Å². The average Bonchev–Trinajstić information content (AvgIpc) is 2.54. The van der Waals surface area contributed by atoms with Crippen LogP contribution in [0.1, 0.15) is 28.4 Å². The van der Waals surface area contributed by atoms with Gasteiger partial charge in [-0.2, -0.15) is 0 Å². The van der Waals surface area contributed by atoms with Crippen molar-refractivity contribution < 1.29 is 4.79 Å². The second-order valence-electron chi connectivity index (χ2n) is 5.59. The molecule has 108 valence electrons. The van der Waals surface area contributed by atoms with Crippen molar-refractivity contribution in [3.05, 3.63) is 76.3 Å². The molecule has 1 N–H and O–H groups in total. The number of rotatable bonds is 1. The van der Waals surface area contributed by atoms with E-state index in [4.69, 9.17) is 0 Å². The zero-order valence-electron chi connectivity index (χ0n) is 11.8. The van der Waals surface area contributed by atoms with Crippen molar-refractivity contribution in [3.63, 3.8) is 0 Å². The molecule has 0 saturated heterocycles. The minimum Gasteiger partial charge on any atom is -0.377 e. The molecule has 3 aromatic rings. The fourth-order valence-electron chi connectivity index (χ4n) is 3.14. The SMILES string of the molecule is O=C1C[C@H](c2cccc(Br)c2)Nc2ccc3ccccc3c21. The van der Waals surface area contributed by atoms with Gasteiger partial charge in [0.2, 0.25) is 0 Å². The van der Waals surface area contributed by atoms with Crippen molar-refractivity contribution in [1.82, 2.24) is 0 Å². The van der Waals surface area contributed by atoms with Gasteiger partial charge in [-0.15, -0.1) is 0 Å². The highest BCUT2D eigenvalue weighted by Crippen LogP contribution is 2.37. The van der Waals surface area contributed by atoms with Crippen molar-refractivity contribution in [2.24, 2.45) is 0 Å². The van der Waals surface area contributed by atoms with Crippen LogP contribution in [0.15, 0.2) is 65.1 Å². The number of fused-ring (bicyclic) bond motifs is 3. The number of Topliss-reactive ketones (excluding diaryl/α,β-unsaturated/α-hetero) is 1. The summed E-state index contributed by atoms with van der Waals surface area (Å²) >= 11 is 3.50. The van der Waals surface area contributed by atoms with Gasteiger partial charge in [0, 0.05) is 22.1 Å². The first-order valence-corrected chi connectivity index (χ1v) is 8.08. The van der Waals surface area contributed by atoms with Gasteiger partial charge in [-0.3, -0.25) is 4.79 Å². The number of ketones is 1. The fraction of sp³-hybridized carbons (Fsp3) is 0.105. The van der Waals surface area contributed by atoms with Crippen molar-refractivity contribution >= 4 is 38.2 Å². The highest BCUT2D eigenvalue weighted by atomic mass is 79.9. The maximum atomic E-state index is 12.7. The number of hydrogen-bond acceptors (Lipinski definition) is 2. The van der Waals surface area contributed by atoms with E-state index >= 15 is 0 Å². The Kier molecular flexibility index (Phi) is 3.23. The Morgan fingerprint density at radius 2 is 1.86 bits per heavy atom. The average molecular weight is 352 g/mol. The van der Waals surface area contributed by atoms with Gasteiger partial charge < -0.3 is 5.32 Å². The van der Waals surface area contributed by atoms with Gasteiger partial charge in [-0.1, -0.05) is 58.4 Å². The first-order chi connectivity index (χ1) is 10.7. The van der Waals surface area contributed by atoms with Crippen LogP contribution in [0.5, 0.6) is 0 Å². The Morgan fingerprint density at radius 1 is 1.00 bits per heavy atom. The Hall–Kier alpha value is -2.13. The van der Waals surface area contributed by atoms with Crippen LogP contribution in [0.4, 0.5) is 5.69 Å². The number of anilines is 1. The van der Waals surface area contributed by atoms with E-state index in [2.05, 4.69) is 39.4 Å². The second kappa shape index (κ2) is 5.25. The third-order valence-electron chi connectivity index (χ3n) is 4.18. The molecule has 1 aliphatic rings. The number of benzene rings is 3. The summed E-state index contributed by atoms with van der Waals surface area (Å²) in [4.78, 5) is 12.7. The summed E-state index contributed by atoms with van der Waals surface area (Å²) < 4.78 is 1.03. The number of nitrogens with one attached hydrogen (secondary N) is 1. The normalized spacial score (nSPS) is 17.1. The van der Waals surface area contributed by atoms with E-state index in [0.717, 1.165) is 32.1 Å². The molecular formula is C19H14BrNO. The van der Waals surface area contributed by atoms with Crippen LogP contribution in [0.3, 0.4) is 0 Å². The van der Waals surface area contributed by atoms with Crippen molar-refractivity contribution in [2.75, 3.05) is 5.32 Å². The second-order valence-corrected chi connectivity index (χ2v) is 6.50. The zero-order valence-corrected chi connectivity index (χ0v) is 13.4. The Morgan fingerprint density at radius 3 is 2.73 bits per heavy atom. The van der Waals surface area contributed by atoms with E-state index in [-0.39, 0.29) is 11.8 Å². The number of hydrogen-bond donors (Lipinski definition) is 1. The maximum absolute atomic E-state index is 12.7. The first-order valence-electron chi connectivity index (χ1n) is 7.29. The molecule has 0 aromatic heterocycles. The molecule has 22 heavy (non-hydrogen) atoms. The molecule has 1 aliphatic heterocycles. The van der Waals surface area contributed by atoms with Crippen LogP contribution >= 0.6 is 15.9 Å². The minimum atomic E-state index is 0.0265. The number of halogens is 1. The molecule has 4 rings (SSSR count). The van der Waals surface area contributed by atoms with Crippen LogP contribution in [0, 0.1) is 0 Å². The van der Waals surface area contributed by atoms with Gasteiger partial charge in [0.15, 0.2) is 5.78 Å². The molecule has 1 heterocycles. The molecule has 0 aliphatic carbocycles. The molecule has 3 heteroatoms. The van der Waals surface area contributed by atoms with Crippen LogP contribution in [-0.4, -0.2) is 5.78 Å². The highest BCUT2D eigenvalue weighted by molar-refractivity contribution is 9.10. The van der Waals surface area contributed by atoms with Crippen LogP contribution in [-0.2, 0) is 0 Å². The first kappa shape index (κ1) is 13.5. The van der Waals surface area contributed by atoms with E-state index < -0.39 is 0 Å². The summed E-state index contributed by atoms with van der Waals surface area (Å²) in [5.41, 5.74) is 2.88. The van der Waals surface area contributed by atoms with E-state index in [1.807, 2.05) is 42.5 Å². The monoisotopic (exact) mass is 351 g/mol. The molecule has 0 radical (unpaired) electrons. The Labute approximate surface area is 137 Å². The van der Waals surface area contributed by atoms with E-state index in [0.29, 0.717) is 6.42 Å². The molecule has 1 atom stereocenters. The van der Waals surface area contributed by atoms with Gasteiger partial charge in [-0.25, -0.2) is 0 Å². The van der Waals surface area contributed by atoms with Crippen molar-refractivity contribution in [1.29, 1.82) is 0 Å². The quantitative estimate of drug-likeness (QED) is 0.640. The fourth-order valence-corrected chi connectivity index (χ4v) is 3.56. The predicted octanol–water partition coefficient (Wildman–Crippen LogP) is 5.34. The largest absolute Gasteiger partial charge is 0.377 e. The van der Waals surface area contributed by atoms with Gasteiger partial charge in [-0.05, 0) is 34.5 Å². The number of carbonyl (C=O) groups excluding carboxylic acids is 1. The zero-order chi connectivity index (χ0) is 15.1. The summed E-state index contributed by atoms with van der Waals surface area (Å²) in [5.74, 6) is 0.204. The minimum absolute atomic E-state index is 0.0265. The van der Waals surface area contributed by atoms with Crippen molar-refractivity contribution in [3.8, 4) is 0 Å². The molecule has 0 saturated carbocycles. The third-order valence-corrected chi connectivity index (χ3v) is 4.67. The number of carbonyl (C=O) groups is 1. The van der Waals surface area contributed by atoms with E-state index in [1.165, 1.54) is 0 Å². The molecule has 2 nitrogen and oxygen atoms in total. The lowest BCUT2D eigenvalue weighted by Crippen LogP contribution is -2.23. The maximum Gasteiger partial charge on any atom is 0.167 e. The third kappa shape index (κ3) is 2.22. The highest BCUT2D eigenvalue weighted by Gasteiger charge is 2.27. The van der Waals surface area contributed by atoms with E-state index in [9.17, 15) is 4.79 Å². The lowest BCUT2D eigenvalue weighted by atomic mass is 9.89. The topological polar surface area (TPSA) is 29.1 Å². The molecule has 0 fully saturated rings. The van der Waals surface area contributed by atoms with Crippen molar-refractivity contribution in [2.45, 2.75) is 12.5 Å². The lowest BCUT2D eigenvalue weighted by Gasteiger charge is -2.27. The molecule has 0 amide bonds. The molecule has 0 bridgehead atoms. The lowest BCUT2D eigenvalue weighted by molar-refractivity contribution is 0.0974. The predicted molar refractivity (Wildman–Crippen MR) is 93.4 cm³/mol. The Balaban J connectivity index is 1.81. The molecular weight excluding hydrogens is 338 g/mol. The van der Waals surface area contributed by atoms with Gasteiger partial charge in [0.1, 0.15) is 0 Å². The molecule has 0 unspecified atom stereocenters. The summed E-state index contributed by atoms with van der Waals surface area (Å²) in [6.45, 7) is 0. The molecule has 3 aromatic carbocycles. The van der Waals surface area contributed by atoms with Gasteiger partial charge >= 0.3 is 0 Å². The smallest absolute Gasteiger partial charge is 0.167 e. The van der Waals surface area contributed by atoms with Crippen LogP contribution < -0.4 is 5.32 Å². The van der Waals surface area contributed by atoms with Crippen LogP contribution in [0.25, 0.3) is 10.8 Å². The standard InChI is InChI=1S/C19H14BrNO/c20-14-6-3-5-13(10-14)17-11-18(22)19-15-7-2-1-4-12(15)8-9-16(19)21-17/h1-10,17,21H,11H2/t17-/m1/s1. The van der Waals surface area contributed by atoms with Gasteiger partial charge in [0.25, 0.3) is 0 Å². The molecule has 0 spiro atoms. The summed E-state index contributed by atoms with van der Waals surface area (Å²) in [6.07, 6.45) is 0.484. The summed E-state index contributed by atoms with van der Waals surface area (Å²) in [7, 11) is 0.